The van der Waals surface area contributed by atoms with Crippen LogP contribution in [0.25, 0.3) is 0 Å². The fraction of sp³-hybridized carbons (Fsp3) is 0.455. The number of hydrogen-bond acceptors (Lipinski definition) is 6. The number of anilines is 1. The second kappa shape index (κ2) is 9.28. The molecule has 0 spiro atoms. The molecule has 13 heteroatoms. The van der Waals surface area contributed by atoms with Gasteiger partial charge < -0.3 is 28.8 Å². The van der Waals surface area contributed by atoms with E-state index in [9.17, 15) is 27.3 Å². The van der Waals surface area contributed by atoms with Crippen molar-refractivity contribution in [1.82, 2.24) is 14.2 Å². The molecule has 2 aromatic rings. The maximum absolute atomic E-state index is 13.6. The average molecular weight is 515 g/mol. The molecular formula is C22H25F3N4O5S. The summed E-state index contributed by atoms with van der Waals surface area (Å²) in [6.07, 6.45) is 0.953. The van der Waals surface area contributed by atoms with Crippen LogP contribution < -0.4 is 14.8 Å². The molecule has 0 saturated carbocycles. The van der Waals surface area contributed by atoms with Gasteiger partial charge in [-0.2, -0.15) is 0 Å². The molecule has 2 amide bonds. The van der Waals surface area contributed by atoms with Gasteiger partial charge in [0.15, 0.2) is 23.1 Å². The summed E-state index contributed by atoms with van der Waals surface area (Å²) >= 11 is -1.79. The predicted molar refractivity (Wildman–Crippen MR) is 120 cm³/mol. The van der Waals surface area contributed by atoms with E-state index >= 15 is 0 Å². The molecular weight excluding hydrogens is 489 g/mol. The van der Waals surface area contributed by atoms with E-state index in [1.807, 2.05) is 0 Å². The lowest BCUT2D eigenvalue weighted by molar-refractivity contribution is 0.0283. The number of ether oxygens (including phenoxy) is 2. The van der Waals surface area contributed by atoms with Gasteiger partial charge in [-0.3, -0.25) is 4.79 Å². The van der Waals surface area contributed by atoms with Crippen LogP contribution in [0.1, 0.15) is 31.3 Å². The maximum Gasteiger partial charge on any atom is 0.410 e. The molecule has 0 radical (unpaired) electrons. The lowest BCUT2D eigenvalue weighted by Crippen LogP contribution is -2.44. The van der Waals surface area contributed by atoms with Gasteiger partial charge in [0.2, 0.25) is 10.6 Å². The Bertz CT molecular complexity index is 1150. The zero-order valence-electron chi connectivity index (χ0n) is 19.5. The Morgan fingerprint density at radius 1 is 1.23 bits per heavy atom. The van der Waals surface area contributed by atoms with Crippen LogP contribution in [-0.2, 0) is 23.1 Å². The second-order valence-corrected chi connectivity index (χ2v) is 10.7. The van der Waals surface area contributed by atoms with Crippen LogP contribution in [0.4, 0.5) is 23.7 Å². The number of carbonyl (C=O) groups excluding carboxylic acids is 2. The lowest BCUT2D eigenvalue weighted by Gasteiger charge is -2.24. The third kappa shape index (κ3) is 5.21. The summed E-state index contributed by atoms with van der Waals surface area (Å²) in [5.74, 6) is -5.56. The minimum atomic E-state index is -1.79. The number of rotatable bonds is 2. The van der Waals surface area contributed by atoms with Crippen LogP contribution in [0.15, 0.2) is 23.2 Å². The summed E-state index contributed by atoms with van der Waals surface area (Å²) in [5, 5.41) is 2.31. The molecule has 3 unspecified atom stereocenters. The first kappa shape index (κ1) is 25.2. The zero-order chi connectivity index (χ0) is 25.7. The molecule has 9 nitrogen and oxygen atoms in total. The summed E-state index contributed by atoms with van der Waals surface area (Å²) in [5.41, 5.74) is -1.00. The predicted octanol–water partition coefficient (Wildman–Crippen LogP) is 2.93. The van der Waals surface area contributed by atoms with Crippen molar-refractivity contribution in [1.29, 1.82) is 0 Å². The molecule has 35 heavy (non-hydrogen) atoms. The number of amides is 2. The number of benzene rings is 1. The van der Waals surface area contributed by atoms with Crippen molar-refractivity contribution in [3.8, 4) is 5.75 Å². The first-order chi connectivity index (χ1) is 16.3. The highest BCUT2D eigenvalue weighted by molar-refractivity contribution is 7.89. The number of nitrogens with zero attached hydrogens (tertiary/aromatic N) is 2. The molecule has 2 aliphatic heterocycles. The molecule has 2 N–H and O–H groups in total. The van der Waals surface area contributed by atoms with E-state index < -0.39 is 46.4 Å². The van der Waals surface area contributed by atoms with Crippen molar-refractivity contribution in [2.75, 3.05) is 25.0 Å². The van der Waals surface area contributed by atoms with Crippen molar-refractivity contribution in [2.45, 2.75) is 37.3 Å². The normalized spacial score (nSPS) is 21.9. The molecule has 190 valence electrons. The number of halogens is 3. The van der Waals surface area contributed by atoms with Crippen LogP contribution in [0.2, 0.25) is 0 Å². The molecule has 3 heterocycles. The summed E-state index contributed by atoms with van der Waals surface area (Å²) in [6, 6.07) is 0.967. The number of carbonyl (C=O) groups is 2. The van der Waals surface area contributed by atoms with E-state index in [1.165, 1.54) is 22.7 Å². The Kier molecular flexibility index (Phi) is 6.68. The zero-order valence-corrected chi connectivity index (χ0v) is 20.3. The number of fused-ring (bicyclic) bond motifs is 2. The summed E-state index contributed by atoms with van der Waals surface area (Å²) in [4.78, 5) is 27.1. The van der Waals surface area contributed by atoms with Gasteiger partial charge in [-0.15, -0.1) is 4.72 Å². The van der Waals surface area contributed by atoms with Gasteiger partial charge in [0, 0.05) is 43.9 Å². The highest BCUT2D eigenvalue weighted by Gasteiger charge is 2.43. The molecule has 1 aromatic carbocycles. The molecule has 0 aliphatic carbocycles. The van der Waals surface area contributed by atoms with Crippen LogP contribution in [0.3, 0.4) is 0 Å². The number of aromatic nitrogens is 1. The number of aryl methyl sites for hydroxylation is 1. The van der Waals surface area contributed by atoms with Crippen LogP contribution in [-0.4, -0.2) is 57.4 Å². The van der Waals surface area contributed by atoms with Crippen molar-refractivity contribution < 1.29 is 36.8 Å². The standard InChI is InChI=1S/C22H25F3N4O5S/c1-22(2,3)34-21(31)29-7-11-10-33-19-16(35(32)27-15(11)8-29)9-28(4)18(19)20(30)26-12-5-13(23)17(25)14(24)6-12/h5-6,9,11,15,27H,7-8,10H2,1-4H3,(H,26,30). The highest BCUT2D eigenvalue weighted by atomic mass is 32.2. The fourth-order valence-electron chi connectivity index (χ4n) is 3.97. The van der Waals surface area contributed by atoms with Gasteiger partial charge in [0.25, 0.3) is 5.91 Å². The van der Waals surface area contributed by atoms with Crippen molar-refractivity contribution >= 4 is 29.0 Å². The van der Waals surface area contributed by atoms with Crippen molar-refractivity contribution in [3.63, 3.8) is 0 Å². The Labute approximate surface area is 202 Å². The average Bonchev–Trinajstić information content (AvgIpc) is 3.28. The van der Waals surface area contributed by atoms with E-state index in [4.69, 9.17) is 9.47 Å². The minimum absolute atomic E-state index is 0.0352. The van der Waals surface area contributed by atoms with Crippen LogP contribution >= 0.6 is 0 Å². The number of nitrogens with one attached hydrogen (secondary N) is 2. The number of hydrogen-bond donors (Lipinski definition) is 2. The molecule has 3 atom stereocenters. The Hall–Kier alpha value is -2.90. The Morgan fingerprint density at radius 3 is 2.51 bits per heavy atom. The van der Waals surface area contributed by atoms with Crippen molar-refractivity contribution in [2.24, 2.45) is 13.0 Å². The SMILES string of the molecule is Cn1cc2c(c1C(=O)Nc1cc(F)c(F)c(F)c1)OCC1CN(C(=O)OC(C)(C)C)CC1N[S+]2[O-]. The van der Waals surface area contributed by atoms with Gasteiger partial charge in [-0.1, -0.05) is 0 Å². The third-order valence-electron chi connectivity index (χ3n) is 5.55. The van der Waals surface area contributed by atoms with Crippen LogP contribution in [0, 0.1) is 23.4 Å². The van der Waals surface area contributed by atoms with E-state index in [0.717, 1.165) is 0 Å². The van der Waals surface area contributed by atoms with Gasteiger partial charge in [-0.25, -0.2) is 18.0 Å². The lowest BCUT2D eigenvalue weighted by atomic mass is 10.1. The number of likely N-dealkylation sites (tertiary alicyclic amines) is 1. The second-order valence-electron chi connectivity index (χ2n) is 9.44. The van der Waals surface area contributed by atoms with Crippen LogP contribution in [0.5, 0.6) is 5.75 Å². The monoisotopic (exact) mass is 514 g/mol. The Balaban J connectivity index is 1.54. The molecule has 2 aliphatic rings. The van der Waals surface area contributed by atoms with Gasteiger partial charge in [-0.05, 0) is 20.8 Å². The molecule has 4 rings (SSSR count). The smallest absolute Gasteiger partial charge is 0.410 e. The first-order valence-electron chi connectivity index (χ1n) is 10.8. The van der Waals surface area contributed by atoms with Gasteiger partial charge in [0.05, 0.1) is 30.2 Å². The van der Waals surface area contributed by atoms with E-state index in [-0.39, 0.29) is 47.1 Å². The first-order valence-corrected chi connectivity index (χ1v) is 11.9. The highest BCUT2D eigenvalue weighted by Crippen LogP contribution is 2.35. The minimum Gasteiger partial charge on any atom is -0.593 e. The van der Waals surface area contributed by atoms with Gasteiger partial charge in [0.1, 0.15) is 5.60 Å². The molecule has 1 aromatic heterocycles. The Morgan fingerprint density at radius 2 is 1.89 bits per heavy atom. The van der Waals surface area contributed by atoms with E-state index in [0.29, 0.717) is 18.7 Å². The molecule has 0 bridgehead atoms. The fourth-order valence-corrected chi connectivity index (χ4v) is 5.22. The van der Waals surface area contributed by atoms with E-state index in [2.05, 4.69) is 10.0 Å². The molecule has 1 fully saturated rings. The quantitative estimate of drug-likeness (QED) is 0.472. The largest absolute Gasteiger partial charge is 0.593 e. The maximum atomic E-state index is 13.6. The van der Waals surface area contributed by atoms with Crippen molar-refractivity contribution in [3.05, 3.63) is 41.5 Å². The van der Waals surface area contributed by atoms with Gasteiger partial charge >= 0.3 is 6.09 Å². The summed E-state index contributed by atoms with van der Waals surface area (Å²) < 4.78 is 69.1. The third-order valence-corrected chi connectivity index (χ3v) is 6.76. The van der Waals surface area contributed by atoms with E-state index in [1.54, 1.807) is 20.8 Å². The topological polar surface area (TPSA) is 108 Å². The summed E-state index contributed by atoms with van der Waals surface area (Å²) in [7, 11) is 1.53. The summed E-state index contributed by atoms with van der Waals surface area (Å²) in [6.45, 7) is 5.95. The molecule has 1 saturated heterocycles.